The fourth-order valence-corrected chi connectivity index (χ4v) is 1.36. The standard InChI is InChI=1S/C12H16N2O4/c1-4-11(15)17-5-6-18-12(16)8-14-10(3)7-9(2)13-14/h4,7H,1,5-6,8H2,2-3H3. The van der Waals surface area contributed by atoms with Crippen molar-refractivity contribution in [3.63, 3.8) is 0 Å². The molecule has 0 saturated carbocycles. The first-order valence-electron chi connectivity index (χ1n) is 5.49. The molecule has 18 heavy (non-hydrogen) atoms. The van der Waals surface area contributed by atoms with Gasteiger partial charge in [-0.1, -0.05) is 6.58 Å². The molecule has 0 aliphatic carbocycles. The Hall–Kier alpha value is -2.11. The van der Waals surface area contributed by atoms with Gasteiger partial charge in [-0.25, -0.2) is 4.79 Å². The summed E-state index contributed by atoms with van der Waals surface area (Å²) in [7, 11) is 0. The van der Waals surface area contributed by atoms with E-state index in [9.17, 15) is 9.59 Å². The highest BCUT2D eigenvalue weighted by atomic mass is 16.6. The molecule has 0 fully saturated rings. The second-order valence-corrected chi connectivity index (χ2v) is 3.68. The quantitative estimate of drug-likeness (QED) is 0.425. The Morgan fingerprint density at radius 2 is 2.06 bits per heavy atom. The molecule has 0 unspecified atom stereocenters. The number of carbonyl (C=O) groups is 2. The first kappa shape index (κ1) is 14.0. The lowest BCUT2D eigenvalue weighted by atomic mass is 10.4. The molecule has 98 valence electrons. The predicted molar refractivity (Wildman–Crippen MR) is 63.8 cm³/mol. The molecule has 0 saturated heterocycles. The molecule has 1 heterocycles. The van der Waals surface area contributed by atoms with E-state index in [1.165, 1.54) is 0 Å². The van der Waals surface area contributed by atoms with E-state index in [2.05, 4.69) is 16.4 Å². The molecule has 0 atom stereocenters. The zero-order chi connectivity index (χ0) is 13.5. The minimum atomic E-state index is -0.537. The molecule has 0 aromatic carbocycles. The molecular formula is C12H16N2O4. The highest BCUT2D eigenvalue weighted by Gasteiger charge is 2.08. The summed E-state index contributed by atoms with van der Waals surface area (Å²) in [6.07, 6.45) is 1.05. The molecule has 0 spiro atoms. The van der Waals surface area contributed by atoms with Gasteiger partial charge in [-0.15, -0.1) is 0 Å². The van der Waals surface area contributed by atoms with Crippen LogP contribution in [0.4, 0.5) is 0 Å². The van der Waals surface area contributed by atoms with Crippen molar-refractivity contribution in [3.05, 3.63) is 30.1 Å². The summed E-state index contributed by atoms with van der Waals surface area (Å²) >= 11 is 0. The van der Waals surface area contributed by atoms with Crippen molar-refractivity contribution in [2.24, 2.45) is 0 Å². The van der Waals surface area contributed by atoms with Gasteiger partial charge in [-0.2, -0.15) is 5.10 Å². The van der Waals surface area contributed by atoms with Crippen molar-refractivity contribution in [2.75, 3.05) is 13.2 Å². The Labute approximate surface area is 105 Å². The number of aryl methyl sites for hydroxylation is 2. The van der Waals surface area contributed by atoms with Crippen LogP contribution in [0.1, 0.15) is 11.4 Å². The van der Waals surface area contributed by atoms with Gasteiger partial charge in [0.1, 0.15) is 19.8 Å². The van der Waals surface area contributed by atoms with E-state index >= 15 is 0 Å². The average molecular weight is 252 g/mol. The Morgan fingerprint density at radius 3 is 2.61 bits per heavy atom. The zero-order valence-corrected chi connectivity index (χ0v) is 10.5. The molecule has 0 bridgehead atoms. The Morgan fingerprint density at radius 1 is 1.39 bits per heavy atom. The van der Waals surface area contributed by atoms with Crippen LogP contribution >= 0.6 is 0 Å². The van der Waals surface area contributed by atoms with Crippen LogP contribution in [-0.2, 0) is 25.6 Å². The number of hydrogen-bond donors (Lipinski definition) is 0. The Bertz CT molecular complexity index is 451. The van der Waals surface area contributed by atoms with Crippen LogP contribution in [0, 0.1) is 13.8 Å². The lowest BCUT2D eigenvalue weighted by Crippen LogP contribution is -2.18. The molecule has 0 aliphatic heterocycles. The minimum absolute atomic E-state index is 0.0215. The lowest BCUT2D eigenvalue weighted by Gasteiger charge is -2.06. The topological polar surface area (TPSA) is 70.4 Å². The van der Waals surface area contributed by atoms with E-state index < -0.39 is 11.9 Å². The van der Waals surface area contributed by atoms with E-state index in [4.69, 9.17) is 4.74 Å². The van der Waals surface area contributed by atoms with Gasteiger partial charge in [0.2, 0.25) is 0 Å². The molecule has 0 amide bonds. The van der Waals surface area contributed by atoms with Gasteiger partial charge in [0.05, 0.1) is 5.69 Å². The third-order valence-corrected chi connectivity index (χ3v) is 2.14. The second kappa shape index (κ2) is 6.58. The van der Waals surface area contributed by atoms with Gasteiger partial charge in [-0.3, -0.25) is 9.48 Å². The summed E-state index contributed by atoms with van der Waals surface area (Å²) in [6.45, 7) is 7.06. The number of carbonyl (C=O) groups excluding carboxylic acids is 2. The maximum atomic E-state index is 11.4. The van der Waals surface area contributed by atoms with Crippen molar-refractivity contribution in [1.29, 1.82) is 0 Å². The molecule has 0 N–H and O–H groups in total. The lowest BCUT2D eigenvalue weighted by molar-refractivity contribution is -0.150. The molecule has 6 heteroatoms. The van der Waals surface area contributed by atoms with Crippen molar-refractivity contribution in [3.8, 4) is 0 Å². The van der Waals surface area contributed by atoms with Crippen LogP contribution < -0.4 is 0 Å². The number of ether oxygens (including phenoxy) is 2. The van der Waals surface area contributed by atoms with Gasteiger partial charge in [-0.05, 0) is 19.9 Å². The van der Waals surface area contributed by atoms with E-state index in [1.54, 1.807) is 4.68 Å². The van der Waals surface area contributed by atoms with Gasteiger partial charge >= 0.3 is 11.9 Å². The van der Waals surface area contributed by atoms with E-state index in [1.807, 2.05) is 19.9 Å². The fraction of sp³-hybridized carbons (Fsp3) is 0.417. The number of nitrogens with zero attached hydrogens (tertiary/aromatic N) is 2. The van der Waals surface area contributed by atoms with Crippen LogP contribution in [0.15, 0.2) is 18.7 Å². The van der Waals surface area contributed by atoms with Gasteiger partial charge in [0, 0.05) is 11.8 Å². The first-order valence-corrected chi connectivity index (χ1v) is 5.49. The first-order chi connectivity index (χ1) is 8.52. The third-order valence-electron chi connectivity index (χ3n) is 2.14. The number of hydrogen-bond acceptors (Lipinski definition) is 5. The summed E-state index contributed by atoms with van der Waals surface area (Å²) in [4.78, 5) is 22.1. The van der Waals surface area contributed by atoms with Crippen LogP contribution in [0.25, 0.3) is 0 Å². The van der Waals surface area contributed by atoms with Crippen molar-refractivity contribution in [2.45, 2.75) is 20.4 Å². The minimum Gasteiger partial charge on any atom is -0.461 e. The maximum absolute atomic E-state index is 11.4. The van der Waals surface area contributed by atoms with Crippen molar-refractivity contribution in [1.82, 2.24) is 9.78 Å². The SMILES string of the molecule is C=CC(=O)OCCOC(=O)Cn1nc(C)cc1C. The summed E-state index contributed by atoms with van der Waals surface area (Å²) < 4.78 is 11.1. The molecule has 1 aromatic rings. The predicted octanol–water partition coefficient (Wildman–Crippen LogP) is 0.772. The van der Waals surface area contributed by atoms with Crippen molar-refractivity contribution >= 4 is 11.9 Å². The van der Waals surface area contributed by atoms with Gasteiger partial charge in [0.25, 0.3) is 0 Å². The number of esters is 2. The summed E-state index contributed by atoms with van der Waals surface area (Å²) in [6, 6.07) is 1.87. The number of aromatic nitrogens is 2. The molecule has 6 nitrogen and oxygen atoms in total. The van der Waals surface area contributed by atoms with Gasteiger partial charge in [0.15, 0.2) is 0 Å². The second-order valence-electron chi connectivity index (χ2n) is 3.68. The molecule has 0 radical (unpaired) electrons. The maximum Gasteiger partial charge on any atom is 0.330 e. The van der Waals surface area contributed by atoms with Crippen molar-refractivity contribution < 1.29 is 19.1 Å². The van der Waals surface area contributed by atoms with Crippen LogP contribution in [-0.4, -0.2) is 34.9 Å². The molecule has 0 aliphatic rings. The van der Waals surface area contributed by atoms with E-state index in [0.29, 0.717) is 0 Å². The smallest absolute Gasteiger partial charge is 0.330 e. The summed E-state index contributed by atoms with van der Waals surface area (Å²) in [5, 5.41) is 4.14. The Kier molecular flexibility index (Phi) is 5.10. The normalized spacial score (nSPS) is 9.89. The number of rotatable bonds is 6. The molecule has 1 rings (SSSR count). The largest absolute Gasteiger partial charge is 0.461 e. The highest BCUT2D eigenvalue weighted by Crippen LogP contribution is 2.01. The average Bonchev–Trinajstić information content (AvgIpc) is 2.63. The fourth-order valence-electron chi connectivity index (χ4n) is 1.36. The van der Waals surface area contributed by atoms with E-state index in [0.717, 1.165) is 17.5 Å². The third kappa shape index (κ3) is 4.40. The zero-order valence-electron chi connectivity index (χ0n) is 10.5. The van der Waals surface area contributed by atoms with Crippen LogP contribution in [0.5, 0.6) is 0 Å². The highest BCUT2D eigenvalue weighted by molar-refractivity contribution is 5.81. The summed E-state index contributed by atoms with van der Waals surface area (Å²) in [5.74, 6) is -0.958. The monoisotopic (exact) mass is 252 g/mol. The Balaban J connectivity index is 2.28. The van der Waals surface area contributed by atoms with Crippen LogP contribution in [0.2, 0.25) is 0 Å². The molecule has 1 aromatic heterocycles. The summed E-state index contributed by atoms with van der Waals surface area (Å²) in [5.41, 5.74) is 1.74. The van der Waals surface area contributed by atoms with E-state index in [-0.39, 0.29) is 19.8 Å². The van der Waals surface area contributed by atoms with Gasteiger partial charge < -0.3 is 9.47 Å². The van der Waals surface area contributed by atoms with Crippen LogP contribution in [0.3, 0.4) is 0 Å². The molecular weight excluding hydrogens is 236 g/mol.